The van der Waals surface area contributed by atoms with Gasteiger partial charge in [-0.3, -0.25) is 9.59 Å². The van der Waals surface area contributed by atoms with Crippen LogP contribution in [0.2, 0.25) is 0 Å². The number of benzene rings is 1. The molecule has 0 aliphatic carbocycles. The lowest BCUT2D eigenvalue weighted by Crippen LogP contribution is -2.64. The predicted molar refractivity (Wildman–Crippen MR) is 73.5 cm³/mol. The highest BCUT2D eigenvalue weighted by molar-refractivity contribution is 9.10. The second kappa shape index (κ2) is 4.39. The number of rotatable bonds is 1. The molecule has 96 valence electrons. The van der Waals surface area contributed by atoms with E-state index in [-0.39, 0.29) is 18.4 Å². The van der Waals surface area contributed by atoms with Crippen molar-refractivity contribution in [2.75, 3.05) is 11.4 Å². The van der Waals surface area contributed by atoms with E-state index in [4.69, 9.17) is 0 Å². The van der Waals surface area contributed by atoms with E-state index in [1.807, 2.05) is 25.1 Å². The van der Waals surface area contributed by atoms with Gasteiger partial charge < -0.3 is 10.2 Å². The van der Waals surface area contributed by atoms with E-state index in [1.165, 1.54) is 0 Å². The van der Waals surface area contributed by atoms with Crippen molar-refractivity contribution in [3.63, 3.8) is 0 Å². The Morgan fingerprint density at radius 2 is 2.00 bits per heavy atom. The van der Waals surface area contributed by atoms with E-state index in [2.05, 4.69) is 21.2 Å². The Kier molecular flexibility index (Phi) is 3.19. The maximum absolute atomic E-state index is 12.4. The second-order valence-corrected chi connectivity index (χ2v) is 5.80. The molecule has 0 unspecified atom stereocenters. The molecule has 1 aliphatic heterocycles. The molecule has 1 fully saturated rings. The van der Waals surface area contributed by atoms with Crippen LogP contribution >= 0.6 is 15.9 Å². The van der Waals surface area contributed by atoms with Gasteiger partial charge in [0.2, 0.25) is 5.91 Å². The molecule has 1 aromatic rings. The van der Waals surface area contributed by atoms with Gasteiger partial charge >= 0.3 is 0 Å². The van der Waals surface area contributed by atoms with Crippen LogP contribution in [0.5, 0.6) is 0 Å². The van der Waals surface area contributed by atoms with Gasteiger partial charge in [-0.2, -0.15) is 0 Å². The van der Waals surface area contributed by atoms with Crippen LogP contribution in [-0.2, 0) is 9.59 Å². The predicted octanol–water partition coefficient (Wildman–Crippen LogP) is 2.00. The molecule has 0 radical (unpaired) electrons. The first-order chi connectivity index (χ1) is 8.33. The van der Waals surface area contributed by atoms with Crippen molar-refractivity contribution in [1.29, 1.82) is 0 Å². The van der Waals surface area contributed by atoms with E-state index in [1.54, 1.807) is 18.7 Å². The zero-order chi connectivity index (χ0) is 13.5. The molecule has 2 amide bonds. The van der Waals surface area contributed by atoms with Gasteiger partial charge in [0.1, 0.15) is 12.1 Å². The Morgan fingerprint density at radius 1 is 1.33 bits per heavy atom. The topological polar surface area (TPSA) is 49.4 Å². The highest BCUT2D eigenvalue weighted by Gasteiger charge is 2.40. The minimum atomic E-state index is -0.857. The minimum Gasteiger partial charge on any atom is -0.341 e. The number of anilines is 1. The third-order valence-corrected chi connectivity index (χ3v) is 3.92. The van der Waals surface area contributed by atoms with Crippen molar-refractivity contribution in [2.45, 2.75) is 26.3 Å². The normalized spacial score (nSPS) is 18.8. The standard InChI is InChI=1S/C13H15BrN2O2/c1-8-9(14)5-4-6-10(8)16-7-11(17)15-13(2,3)12(16)18/h4-6H,7H2,1-3H3,(H,15,17). The minimum absolute atomic E-state index is 0.0690. The summed E-state index contributed by atoms with van der Waals surface area (Å²) in [4.78, 5) is 25.6. The van der Waals surface area contributed by atoms with Crippen molar-refractivity contribution >= 4 is 33.4 Å². The number of carbonyl (C=O) groups is 2. The third-order valence-electron chi connectivity index (χ3n) is 3.06. The Morgan fingerprint density at radius 3 is 2.67 bits per heavy atom. The summed E-state index contributed by atoms with van der Waals surface area (Å²) in [5, 5.41) is 2.70. The SMILES string of the molecule is Cc1c(Br)cccc1N1CC(=O)NC(C)(C)C1=O. The van der Waals surface area contributed by atoms with Crippen LogP contribution < -0.4 is 10.2 Å². The fourth-order valence-corrected chi connectivity index (χ4v) is 2.43. The summed E-state index contributed by atoms with van der Waals surface area (Å²) in [7, 11) is 0. The maximum atomic E-state index is 12.4. The number of hydrogen-bond acceptors (Lipinski definition) is 2. The Bertz CT molecular complexity index is 526. The van der Waals surface area contributed by atoms with Gasteiger partial charge in [0.05, 0.1) is 0 Å². The zero-order valence-electron chi connectivity index (χ0n) is 10.6. The second-order valence-electron chi connectivity index (χ2n) is 4.95. The third kappa shape index (κ3) is 2.14. The zero-order valence-corrected chi connectivity index (χ0v) is 12.2. The van der Waals surface area contributed by atoms with Crippen molar-refractivity contribution in [3.05, 3.63) is 28.2 Å². The van der Waals surface area contributed by atoms with Crippen LogP contribution in [-0.4, -0.2) is 23.9 Å². The first-order valence-electron chi connectivity index (χ1n) is 5.71. The quantitative estimate of drug-likeness (QED) is 0.862. The molecule has 2 rings (SSSR count). The van der Waals surface area contributed by atoms with Crippen LogP contribution in [0, 0.1) is 6.92 Å². The van der Waals surface area contributed by atoms with Crippen molar-refractivity contribution < 1.29 is 9.59 Å². The Labute approximate surface area is 114 Å². The monoisotopic (exact) mass is 310 g/mol. The van der Waals surface area contributed by atoms with Gasteiger partial charge in [-0.1, -0.05) is 22.0 Å². The summed E-state index contributed by atoms with van der Waals surface area (Å²) in [6.07, 6.45) is 0. The van der Waals surface area contributed by atoms with Gasteiger partial charge in [0.25, 0.3) is 5.91 Å². The molecule has 0 bridgehead atoms. The van der Waals surface area contributed by atoms with Gasteiger partial charge in [-0.25, -0.2) is 0 Å². The highest BCUT2D eigenvalue weighted by Crippen LogP contribution is 2.29. The van der Waals surface area contributed by atoms with E-state index in [0.717, 1.165) is 15.7 Å². The number of nitrogens with zero attached hydrogens (tertiary/aromatic N) is 1. The molecule has 1 aromatic carbocycles. The lowest BCUT2D eigenvalue weighted by Gasteiger charge is -2.38. The Hall–Kier alpha value is -1.36. The molecular formula is C13H15BrN2O2. The Balaban J connectivity index is 2.46. The summed E-state index contributed by atoms with van der Waals surface area (Å²) in [6.45, 7) is 5.42. The first kappa shape index (κ1) is 13.1. The fourth-order valence-electron chi connectivity index (χ4n) is 2.08. The molecule has 18 heavy (non-hydrogen) atoms. The van der Waals surface area contributed by atoms with Crippen LogP contribution in [0.15, 0.2) is 22.7 Å². The molecule has 1 saturated heterocycles. The van der Waals surface area contributed by atoms with Gasteiger partial charge in [0, 0.05) is 10.2 Å². The van der Waals surface area contributed by atoms with Crippen molar-refractivity contribution in [2.24, 2.45) is 0 Å². The molecular weight excluding hydrogens is 296 g/mol. The summed E-state index contributed by atoms with van der Waals surface area (Å²) in [6, 6.07) is 5.63. The lowest BCUT2D eigenvalue weighted by atomic mass is 9.99. The van der Waals surface area contributed by atoms with Crippen molar-refractivity contribution in [3.8, 4) is 0 Å². The van der Waals surface area contributed by atoms with E-state index in [9.17, 15) is 9.59 Å². The largest absolute Gasteiger partial charge is 0.341 e. The molecule has 0 atom stereocenters. The number of amides is 2. The summed E-state index contributed by atoms with van der Waals surface area (Å²) < 4.78 is 0.927. The van der Waals surface area contributed by atoms with Gasteiger partial charge in [-0.05, 0) is 38.5 Å². The number of carbonyl (C=O) groups excluding carboxylic acids is 2. The lowest BCUT2D eigenvalue weighted by molar-refractivity contribution is -0.134. The summed E-state index contributed by atoms with van der Waals surface area (Å²) in [5.41, 5.74) is 0.873. The average Bonchev–Trinajstić information content (AvgIpc) is 2.27. The van der Waals surface area contributed by atoms with Crippen LogP contribution in [0.4, 0.5) is 5.69 Å². The molecule has 0 spiro atoms. The number of halogens is 1. The molecule has 1 heterocycles. The van der Waals surface area contributed by atoms with Crippen LogP contribution in [0.25, 0.3) is 0 Å². The van der Waals surface area contributed by atoms with E-state index >= 15 is 0 Å². The summed E-state index contributed by atoms with van der Waals surface area (Å²) >= 11 is 3.44. The summed E-state index contributed by atoms with van der Waals surface area (Å²) in [5.74, 6) is -0.234. The molecule has 1 N–H and O–H groups in total. The van der Waals surface area contributed by atoms with Gasteiger partial charge in [-0.15, -0.1) is 0 Å². The van der Waals surface area contributed by atoms with Crippen LogP contribution in [0.3, 0.4) is 0 Å². The number of piperazine rings is 1. The van der Waals surface area contributed by atoms with Crippen molar-refractivity contribution in [1.82, 2.24) is 5.32 Å². The van der Waals surface area contributed by atoms with E-state index in [0.29, 0.717) is 0 Å². The van der Waals surface area contributed by atoms with Gasteiger partial charge in [0.15, 0.2) is 0 Å². The highest BCUT2D eigenvalue weighted by atomic mass is 79.9. The number of hydrogen-bond donors (Lipinski definition) is 1. The molecule has 4 nitrogen and oxygen atoms in total. The average molecular weight is 311 g/mol. The molecule has 0 saturated carbocycles. The first-order valence-corrected chi connectivity index (χ1v) is 6.50. The number of nitrogens with one attached hydrogen (secondary N) is 1. The molecule has 1 aliphatic rings. The maximum Gasteiger partial charge on any atom is 0.252 e. The molecule has 0 aromatic heterocycles. The van der Waals surface area contributed by atoms with E-state index < -0.39 is 5.54 Å². The fraction of sp³-hybridized carbons (Fsp3) is 0.385. The molecule has 5 heteroatoms. The smallest absolute Gasteiger partial charge is 0.252 e. The van der Waals surface area contributed by atoms with Crippen LogP contribution in [0.1, 0.15) is 19.4 Å².